The lowest BCUT2D eigenvalue weighted by atomic mass is 10.1. The Morgan fingerprint density at radius 1 is 1.12 bits per heavy atom. The molecule has 0 aliphatic heterocycles. The first kappa shape index (κ1) is 19.1. The molecule has 0 saturated carbocycles. The van der Waals surface area contributed by atoms with Gasteiger partial charge in [-0.05, 0) is 61.2 Å². The number of benzene rings is 2. The van der Waals surface area contributed by atoms with Gasteiger partial charge in [-0.3, -0.25) is 4.79 Å². The van der Waals surface area contributed by atoms with Crippen LogP contribution in [-0.2, 0) is 9.84 Å². The highest BCUT2D eigenvalue weighted by molar-refractivity contribution is 7.91. The fourth-order valence-electron chi connectivity index (χ4n) is 2.59. The first-order valence-corrected chi connectivity index (χ1v) is 9.66. The van der Waals surface area contributed by atoms with Crippen molar-refractivity contribution in [2.45, 2.75) is 32.6 Å². The molecule has 25 heavy (non-hydrogen) atoms. The lowest BCUT2D eigenvalue weighted by Gasteiger charge is -2.11. The second-order valence-electron chi connectivity index (χ2n) is 6.58. The third kappa shape index (κ3) is 4.66. The van der Waals surface area contributed by atoms with Crippen LogP contribution in [0.1, 0.15) is 35.3 Å². The summed E-state index contributed by atoms with van der Waals surface area (Å²) in [6, 6.07) is 9.03. The van der Waals surface area contributed by atoms with Crippen molar-refractivity contribution in [2.24, 2.45) is 5.92 Å². The number of aryl methyl sites for hydroxylation is 2. The summed E-state index contributed by atoms with van der Waals surface area (Å²) in [7, 11) is -3.44. The lowest BCUT2D eigenvalue weighted by Crippen LogP contribution is -2.15. The molecule has 0 aliphatic carbocycles. The van der Waals surface area contributed by atoms with Crippen LogP contribution < -0.4 is 5.32 Å². The average Bonchev–Trinajstić information content (AvgIpc) is 2.51. The highest BCUT2D eigenvalue weighted by Crippen LogP contribution is 2.20. The third-order valence-electron chi connectivity index (χ3n) is 3.70. The Hall–Kier alpha value is -2.21. The van der Waals surface area contributed by atoms with E-state index in [1.807, 2.05) is 13.8 Å². The maximum Gasteiger partial charge on any atom is 0.255 e. The van der Waals surface area contributed by atoms with E-state index in [0.29, 0.717) is 16.8 Å². The van der Waals surface area contributed by atoms with Crippen molar-refractivity contribution < 1.29 is 17.6 Å². The Morgan fingerprint density at radius 3 is 2.28 bits per heavy atom. The molecule has 6 heteroatoms. The number of rotatable bonds is 5. The Labute approximate surface area is 148 Å². The number of sulfone groups is 1. The molecule has 0 atom stereocenters. The summed E-state index contributed by atoms with van der Waals surface area (Å²) in [6.07, 6.45) is 0. The monoisotopic (exact) mass is 363 g/mol. The van der Waals surface area contributed by atoms with Gasteiger partial charge in [-0.15, -0.1) is 0 Å². The van der Waals surface area contributed by atoms with Gasteiger partial charge in [-0.2, -0.15) is 0 Å². The number of hydrogen-bond donors (Lipinski definition) is 1. The molecule has 0 unspecified atom stereocenters. The number of carbonyl (C=O) groups is 1. The number of halogens is 1. The summed E-state index contributed by atoms with van der Waals surface area (Å²) >= 11 is 0. The van der Waals surface area contributed by atoms with Gasteiger partial charge in [0.15, 0.2) is 9.84 Å². The topological polar surface area (TPSA) is 63.2 Å². The van der Waals surface area contributed by atoms with Crippen molar-refractivity contribution in [3.8, 4) is 0 Å². The zero-order valence-corrected chi connectivity index (χ0v) is 15.6. The van der Waals surface area contributed by atoms with E-state index in [1.165, 1.54) is 12.1 Å². The van der Waals surface area contributed by atoms with Crippen LogP contribution in [0, 0.1) is 25.6 Å². The molecule has 0 spiro atoms. The molecule has 0 aromatic heterocycles. The molecule has 2 aromatic carbocycles. The van der Waals surface area contributed by atoms with Crippen LogP contribution in [0.2, 0.25) is 0 Å². The van der Waals surface area contributed by atoms with Crippen molar-refractivity contribution in [1.82, 2.24) is 0 Å². The van der Waals surface area contributed by atoms with Crippen LogP contribution in [-0.4, -0.2) is 20.1 Å². The lowest BCUT2D eigenvalue weighted by molar-refractivity contribution is 0.102. The van der Waals surface area contributed by atoms with Crippen molar-refractivity contribution in [3.05, 3.63) is 58.9 Å². The Balaban J connectivity index is 2.28. The summed E-state index contributed by atoms with van der Waals surface area (Å²) in [5.74, 6) is -0.728. The van der Waals surface area contributed by atoms with E-state index in [9.17, 15) is 17.6 Å². The fourth-order valence-corrected chi connectivity index (χ4v) is 4.25. The van der Waals surface area contributed by atoms with E-state index in [4.69, 9.17) is 0 Å². The van der Waals surface area contributed by atoms with E-state index in [1.54, 1.807) is 38.1 Å². The quantitative estimate of drug-likeness (QED) is 0.869. The molecule has 2 rings (SSSR count). The molecule has 0 aliphatic rings. The van der Waals surface area contributed by atoms with Crippen LogP contribution in [0.25, 0.3) is 0 Å². The van der Waals surface area contributed by atoms with Crippen molar-refractivity contribution >= 4 is 21.4 Å². The standard InChI is InChI=1S/C19H22FNO3S/c1-12(2)11-25(23,24)17-7-5-6-15(10-17)19(22)21-16-8-13(3)18(20)14(4)9-16/h5-10,12H,11H2,1-4H3,(H,21,22). The molecule has 1 amide bonds. The molecule has 4 nitrogen and oxygen atoms in total. The van der Waals surface area contributed by atoms with Crippen LogP contribution in [0.15, 0.2) is 41.3 Å². The molecular formula is C19H22FNO3S. The Morgan fingerprint density at radius 2 is 1.72 bits per heavy atom. The van der Waals surface area contributed by atoms with Crippen molar-refractivity contribution in [3.63, 3.8) is 0 Å². The minimum atomic E-state index is -3.44. The largest absolute Gasteiger partial charge is 0.322 e. The van der Waals surface area contributed by atoms with Gasteiger partial charge >= 0.3 is 0 Å². The molecule has 0 saturated heterocycles. The van der Waals surface area contributed by atoms with Gasteiger partial charge in [0.05, 0.1) is 10.6 Å². The zero-order chi connectivity index (χ0) is 18.8. The maximum absolute atomic E-state index is 13.7. The second kappa shape index (κ2) is 7.35. The summed E-state index contributed by atoms with van der Waals surface area (Å²) in [5, 5.41) is 2.69. The van der Waals surface area contributed by atoms with E-state index in [2.05, 4.69) is 5.32 Å². The Kier molecular flexibility index (Phi) is 5.62. The van der Waals surface area contributed by atoms with Gasteiger partial charge in [0, 0.05) is 11.3 Å². The number of amides is 1. The molecule has 2 aromatic rings. The summed E-state index contributed by atoms with van der Waals surface area (Å²) in [5.41, 5.74) is 1.58. The van der Waals surface area contributed by atoms with Gasteiger partial charge in [0.1, 0.15) is 5.82 Å². The zero-order valence-electron chi connectivity index (χ0n) is 14.8. The molecule has 134 valence electrons. The van der Waals surface area contributed by atoms with Gasteiger partial charge in [0.2, 0.25) is 0 Å². The molecule has 1 N–H and O–H groups in total. The molecule has 0 heterocycles. The molecule has 0 radical (unpaired) electrons. The minimum Gasteiger partial charge on any atom is -0.322 e. The highest BCUT2D eigenvalue weighted by atomic mass is 32.2. The van der Waals surface area contributed by atoms with Crippen LogP contribution in [0.3, 0.4) is 0 Å². The molecule has 0 bridgehead atoms. The first-order valence-electron chi connectivity index (χ1n) is 8.01. The molecular weight excluding hydrogens is 341 g/mol. The van der Waals surface area contributed by atoms with E-state index in [-0.39, 0.29) is 27.9 Å². The van der Waals surface area contributed by atoms with Crippen LogP contribution in [0.4, 0.5) is 10.1 Å². The van der Waals surface area contributed by atoms with Crippen LogP contribution in [0.5, 0.6) is 0 Å². The number of nitrogens with one attached hydrogen (secondary N) is 1. The van der Waals surface area contributed by atoms with Gasteiger partial charge in [-0.1, -0.05) is 19.9 Å². The van der Waals surface area contributed by atoms with E-state index >= 15 is 0 Å². The van der Waals surface area contributed by atoms with Crippen LogP contribution >= 0.6 is 0 Å². The number of hydrogen-bond acceptors (Lipinski definition) is 3. The smallest absolute Gasteiger partial charge is 0.255 e. The normalized spacial score (nSPS) is 11.6. The maximum atomic E-state index is 13.7. The summed E-state index contributed by atoms with van der Waals surface area (Å²) < 4.78 is 38.3. The second-order valence-corrected chi connectivity index (χ2v) is 8.62. The van der Waals surface area contributed by atoms with Gasteiger partial charge in [-0.25, -0.2) is 12.8 Å². The third-order valence-corrected chi connectivity index (χ3v) is 5.78. The number of anilines is 1. The Bertz CT molecular complexity index is 882. The SMILES string of the molecule is Cc1cc(NC(=O)c2cccc(S(=O)(=O)CC(C)C)c2)cc(C)c1F. The molecule has 0 fully saturated rings. The number of carbonyl (C=O) groups excluding carboxylic acids is 1. The van der Waals surface area contributed by atoms with Crippen molar-refractivity contribution in [1.29, 1.82) is 0 Å². The minimum absolute atomic E-state index is 0.00681. The first-order chi connectivity index (χ1) is 11.6. The van der Waals surface area contributed by atoms with Gasteiger partial charge in [0.25, 0.3) is 5.91 Å². The predicted octanol–water partition coefficient (Wildman–Crippen LogP) is 4.12. The summed E-state index contributed by atoms with van der Waals surface area (Å²) in [4.78, 5) is 12.5. The average molecular weight is 363 g/mol. The van der Waals surface area contributed by atoms with Gasteiger partial charge < -0.3 is 5.32 Å². The van der Waals surface area contributed by atoms with E-state index < -0.39 is 15.7 Å². The fraction of sp³-hybridized carbons (Fsp3) is 0.316. The highest BCUT2D eigenvalue weighted by Gasteiger charge is 2.18. The summed E-state index contributed by atoms with van der Waals surface area (Å²) in [6.45, 7) is 6.90. The predicted molar refractivity (Wildman–Crippen MR) is 97.2 cm³/mol. The van der Waals surface area contributed by atoms with Crippen molar-refractivity contribution in [2.75, 3.05) is 11.1 Å². The van der Waals surface area contributed by atoms with E-state index in [0.717, 1.165) is 0 Å².